The summed E-state index contributed by atoms with van der Waals surface area (Å²) in [5.41, 5.74) is 4.18. The molecule has 0 saturated heterocycles. The highest BCUT2D eigenvalue weighted by Crippen LogP contribution is 2.23. The molecule has 2 aromatic carbocycles. The number of nitrogens with one attached hydrogen (secondary N) is 2. The van der Waals surface area contributed by atoms with Gasteiger partial charge in [0.15, 0.2) is 5.82 Å². The van der Waals surface area contributed by atoms with Gasteiger partial charge in [-0.3, -0.25) is 15.3 Å². The minimum absolute atomic E-state index is 0.363. The predicted octanol–water partition coefficient (Wildman–Crippen LogP) is 4.28. The standard InChI is InChI=1S/C21H18N6O/c1-15-7-8-16(19-14-22-10-11-23-19)13-18(15)24-21(28)25-20-9-12-27(26-20)17-5-3-2-4-6-17/h2-14H,1H3,(H2,24,25,26,28). The Morgan fingerprint density at radius 3 is 2.64 bits per heavy atom. The molecule has 0 aliphatic heterocycles. The fourth-order valence-electron chi connectivity index (χ4n) is 2.75. The fraction of sp³-hybridized carbons (Fsp3) is 0.0476. The lowest BCUT2D eigenvalue weighted by Gasteiger charge is -2.10. The molecule has 0 aliphatic rings. The summed E-state index contributed by atoms with van der Waals surface area (Å²) < 4.78 is 1.70. The normalized spacial score (nSPS) is 10.5. The first-order chi connectivity index (χ1) is 13.7. The molecule has 4 rings (SSSR count). The number of para-hydroxylation sites is 1. The van der Waals surface area contributed by atoms with Crippen LogP contribution in [0.25, 0.3) is 16.9 Å². The van der Waals surface area contributed by atoms with Crippen molar-refractivity contribution < 1.29 is 4.79 Å². The van der Waals surface area contributed by atoms with Gasteiger partial charge in [-0.05, 0) is 30.7 Å². The van der Waals surface area contributed by atoms with Gasteiger partial charge in [0, 0.05) is 35.9 Å². The number of hydrogen-bond donors (Lipinski definition) is 2. The Morgan fingerprint density at radius 1 is 1.00 bits per heavy atom. The van der Waals surface area contributed by atoms with Crippen molar-refractivity contribution in [2.24, 2.45) is 0 Å². The average Bonchev–Trinajstić information content (AvgIpc) is 3.19. The zero-order valence-corrected chi connectivity index (χ0v) is 15.2. The van der Waals surface area contributed by atoms with Gasteiger partial charge >= 0.3 is 6.03 Å². The summed E-state index contributed by atoms with van der Waals surface area (Å²) in [4.78, 5) is 20.8. The van der Waals surface area contributed by atoms with Crippen LogP contribution in [-0.4, -0.2) is 25.8 Å². The highest BCUT2D eigenvalue weighted by molar-refractivity contribution is 6.00. The van der Waals surface area contributed by atoms with Crippen molar-refractivity contribution in [1.82, 2.24) is 19.7 Å². The Labute approximate surface area is 162 Å². The van der Waals surface area contributed by atoms with Crippen LogP contribution in [0.2, 0.25) is 0 Å². The number of rotatable bonds is 4. The molecule has 0 aliphatic carbocycles. The van der Waals surface area contributed by atoms with Crippen LogP contribution in [-0.2, 0) is 0 Å². The first-order valence-electron chi connectivity index (χ1n) is 8.75. The number of nitrogens with zero attached hydrogens (tertiary/aromatic N) is 4. The van der Waals surface area contributed by atoms with Gasteiger partial charge < -0.3 is 5.32 Å². The third kappa shape index (κ3) is 3.88. The molecule has 0 atom stereocenters. The summed E-state index contributed by atoms with van der Waals surface area (Å²) >= 11 is 0. The highest BCUT2D eigenvalue weighted by Gasteiger charge is 2.09. The first kappa shape index (κ1) is 17.4. The maximum absolute atomic E-state index is 12.4. The molecular weight excluding hydrogens is 352 g/mol. The molecule has 2 amide bonds. The molecule has 7 heteroatoms. The molecule has 2 aromatic heterocycles. The van der Waals surface area contributed by atoms with Gasteiger partial charge in [-0.15, -0.1) is 5.10 Å². The summed E-state index contributed by atoms with van der Waals surface area (Å²) in [6, 6.07) is 16.8. The van der Waals surface area contributed by atoms with E-state index in [0.717, 1.165) is 22.5 Å². The lowest BCUT2D eigenvalue weighted by molar-refractivity contribution is 0.262. The van der Waals surface area contributed by atoms with Crippen molar-refractivity contribution in [3.8, 4) is 16.9 Å². The predicted molar refractivity (Wildman–Crippen MR) is 108 cm³/mol. The van der Waals surface area contributed by atoms with Crippen molar-refractivity contribution in [3.05, 3.63) is 84.9 Å². The average molecular weight is 370 g/mol. The van der Waals surface area contributed by atoms with E-state index in [9.17, 15) is 4.79 Å². The monoisotopic (exact) mass is 370 g/mol. The SMILES string of the molecule is Cc1ccc(-c2cnccn2)cc1NC(=O)Nc1ccn(-c2ccccc2)n1. The Kier molecular flexibility index (Phi) is 4.79. The van der Waals surface area contributed by atoms with Crippen LogP contribution < -0.4 is 10.6 Å². The second-order valence-corrected chi connectivity index (χ2v) is 6.18. The zero-order valence-electron chi connectivity index (χ0n) is 15.2. The number of carbonyl (C=O) groups is 1. The maximum Gasteiger partial charge on any atom is 0.324 e. The lowest BCUT2D eigenvalue weighted by Crippen LogP contribution is -2.20. The molecular formula is C21H18N6O. The molecule has 0 fully saturated rings. The lowest BCUT2D eigenvalue weighted by atomic mass is 10.1. The second-order valence-electron chi connectivity index (χ2n) is 6.18. The van der Waals surface area contributed by atoms with E-state index in [0.29, 0.717) is 11.5 Å². The number of urea groups is 1. The minimum Gasteiger partial charge on any atom is -0.307 e. The number of benzene rings is 2. The highest BCUT2D eigenvalue weighted by atomic mass is 16.2. The zero-order chi connectivity index (χ0) is 19.3. The van der Waals surface area contributed by atoms with Gasteiger partial charge in [-0.2, -0.15) is 0 Å². The summed E-state index contributed by atoms with van der Waals surface area (Å²) in [6.45, 7) is 1.93. The molecule has 0 radical (unpaired) electrons. The Hall–Kier alpha value is -4.00. The molecule has 4 aromatic rings. The number of carbonyl (C=O) groups excluding carboxylic acids is 1. The van der Waals surface area contributed by atoms with Crippen molar-refractivity contribution >= 4 is 17.5 Å². The molecule has 28 heavy (non-hydrogen) atoms. The smallest absolute Gasteiger partial charge is 0.307 e. The van der Waals surface area contributed by atoms with E-state index in [-0.39, 0.29) is 6.03 Å². The van der Waals surface area contributed by atoms with Crippen LogP contribution in [0.15, 0.2) is 79.4 Å². The van der Waals surface area contributed by atoms with E-state index >= 15 is 0 Å². The van der Waals surface area contributed by atoms with Gasteiger partial charge in [-0.25, -0.2) is 9.48 Å². The van der Waals surface area contributed by atoms with Crippen LogP contribution in [0.5, 0.6) is 0 Å². The number of anilines is 2. The molecule has 0 unspecified atom stereocenters. The van der Waals surface area contributed by atoms with E-state index in [1.807, 2.05) is 55.5 Å². The van der Waals surface area contributed by atoms with Crippen LogP contribution in [0.4, 0.5) is 16.3 Å². The second kappa shape index (κ2) is 7.71. The van der Waals surface area contributed by atoms with Gasteiger partial charge in [-0.1, -0.05) is 30.3 Å². The molecule has 0 spiro atoms. The number of aryl methyl sites for hydroxylation is 1. The molecule has 0 saturated carbocycles. The Morgan fingerprint density at radius 2 is 1.86 bits per heavy atom. The molecule has 2 heterocycles. The topological polar surface area (TPSA) is 84.7 Å². The largest absolute Gasteiger partial charge is 0.324 e. The van der Waals surface area contributed by atoms with Crippen molar-refractivity contribution in [3.63, 3.8) is 0 Å². The fourth-order valence-corrected chi connectivity index (χ4v) is 2.75. The Bertz CT molecular complexity index is 1090. The van der Waals surface area contributed by atoms with Crippen LogP contribution in [0.1, 0.15) is 5.56 Å². The van der Waals surface area contributed by atoms with E-state index in [4.69, 9.17) is 0 Å². The van der Waals surface area contributed by atoms with E-state index in [1.54, 1.807) is 35.5 Å². The van der Waals surface area contributed by atoms with Crippen molar-refractivity contribution in [1.29, 1.82) is 0 Å². The summed E-state index contributed by atoms with van der Waals surface area (Å²) in [6.07, 6.45) is 6.74. The molecule has 7 nitrogen and oxygen atoms in total. The minimum atomic E-state index is -0.363. The van der Waals surface area contributed by atoms with Crippen molar-refractivity contribution in [2.75, 3.05) is 10.6 Å². The third-order valence-electron chi connectivity index (χ3n) is 4.20. The number of hydrogen-bond acceptors (Lipinski definition) is 4. The maximum atomic E-state index is 12.4. The van der Waals surface area contributed by atoms with Crippen LogP contribution in [0.3, 0.4) is 0 Å². The van der Waals surface area contributed by atoms with Crippen LogP contribution >= 0.6 is 0 Å². The van der Waals surface area contributed by atoms with E-state index in [2.05, 4.69) is 25.7 Å². The quantitative estimate of drug-likeness (QED) is 0.561. The Balaban J connectivity index is 1.48. The summed E-state index contributed by atoms with van der Waals surface area (Å²) in [5.74, 6) is 0.462. The van der Waals surface area contributed by atoms with E-state index in [1.165, 1.54) is 0 Å². The van der Waals surface area contributed by atoms with Crippen LogP contribution in [0, 0.1) is 6.92 Å². The van der Waals surface area contributed by atoms with Gasteiger partial charge in [0.25, 0.3) is 0 Å². The van der Waals surface area contributed by atoms with Gasteiger partial charge in [0.05, 0.1) is 17.6 Å². The number of aromatic nitrogens is 4. The summed E-state index contributed by atoms with van der Waals surface area (Å²) in [5, 5.41) is 10.0. The molecule has 2 N–H and O–H groups in total. The summed E-state index contributed by atoms with van der Waals surface area (Å²) in [7, 11) is 0. The first-order valence-corrected chi connectivity index (χ1v) is 8.75. The number of amides is 2. The van der Waals surface area contributed by atoms with E-state index < -0.39 is 0 Å². The van der Waals surface area contributed by atoms with Crippen molar-refractivity contribution in [2.45, 2.75) is 6.92 Å². The van der Waals surface area contributed by atoms with Gasteiger partial charge in [0.1, 0.15) is 0 Å². The molecule has 0 bridgehead atoms. The molecule has 138 valence electrons. The van der Waals surface area contributed by atoms with Gasteiger partial charge in [0.2, 0.25) is 0 Å². The third-order valence-corrected chi connectivity index (χ3v) is 4.20.